The molecule has 0 fully saturated rings. The van der Waals surface area contributed by atoms with Crippen LogP contribution in [0.1, 0.15) is 35.1 Å². The zero-order chi connectivity index (χ0) is 22.1. The highest BCUT2D eigenvalue weighted by Crippen LogP contribution is 2.31. The van der Waals surface area contributed by atoms with Crippen molar-refractivity contribution in [1.29, 1.82) is 0 Å². The fraction of sp³-hybridized carbons (Fsp3) is 0.192. The van der Waals surface area contributed by atoms with Gasteiger partial charge in [0.1, 0.15) is 5.82 Å². The van der Waals surface area contributed by atoms with Crippen molar-refractivity contribution in [1.82, 2.24) is 19.5 Å². The van der Waals surface area contributed by atoms with Crippen LogP contribution in [-0.2, 0) is 6.42 Å². The normalized spacial score (nSPS) is 12.2. The standard InChI is InChI=1S/C26H24N4OS/c1-17(19-7-5-4-6-8-19)30-24-13-20(21-10-12-26(31-3)27-15-21)9-11-23(24)29-25(30)14-22-16-32-18(2)28-22/h4-13,15-17H,14H2,1-3H3/t17-/m1/s1. The molecular formula is C26H24N4OS. The van der Waals surface area contributed by atoms with Crippen LogP contribution in [-0.4, -0.2) is 26.6 Å². The average molecular weight is 441 g/mol. The second kappa shape index (κ2) is 8.55. The number of thiazole rings is 1. The van der Waals surface area contributed by atoms with E-state index in [0.29, 0.717) is 12.3 Å². The van der Waals surface area contributed by atoms with Gasteiger partial charge in [-0.3, -0.25) is 0 Å². The third-order valence-electron chi connectivity index (χ3n) is 5.72. The number of hydrogen-bond donors (Lipinski definition) is 0. The molecule has 0 N–H and O–H groups in total. The summed E-state index contributed by atoms with van der Waals surface area (Å²) < 4.78 is 7.55. The first-order valence-corrected chi connectivity index (χ1v) is 11.5. The molecule has 0 amide bonds. The van der Waals surface area contributed by atoms with Crippen molar-refractivity contribution >= 4 is 22.4 Å². The van der Waals surface area contributed by atoms with Crippen molar-refractivity contribution in [3.05, 3.63) is 94.3 Å². The van der Waals surface area contributed by atoms with E-state index in [4.69, 9.17) is 9.72 Å². The second-order valence-electron chi connectivity index (χ2n) is 7.81. The van der Waals surface area contributed by atoms with E-state index in [-0.39, 0.29) is 6.04 Å². The van der Waals surface area contributed by atoms with Crippen molar-refractivity contribution < 1.29 is 4.74 Å². The summed E-state index contributed by atoms with van der Waals surface area (Å²) in [6, 6.07) is 21.0. The average Bonchev–Trinajstić information content (AvgIpc) is 3.41. The molecule has 0 saturated carbocycles. The molecule has 0 spiro atoms. The Labute approximate surface area is 191 Å². The number of fused-ring (bicyclic) bond motifs is 1. The van der Waals surface area contributed by atoms with Gasteiger partial charge in [0.15, 0.2) is 0 Å². The summed E-state index contributed by atoms with van der Waals surface area (Å²) in [5.74, 6) is 1.63. The lowest BCUT2D eigenvalue weighted by molar-refractivity contribution is 0.398. The molecule has 0 aliphatic heterocycles. The molecule has 0 unspecified atom stereocenters. The van der Waals surface area contributed by atoms with Crippen LogP contribution in [0.25, 0.3) is 22.2 Å². The van der Waals surface area contributed by atoms with Crippen LogP contribution in [0, 0.1) is 6.92 Å². The fourth-order valence-corrected chi connectivity index (χ4v) is 4.70. The summed E-state index contributed by atoms with van der Waals surface area (Å²) in [6.45, 7) is 4.27. The van der Waals surface area contributed by atoms with Gasteiger partial charge in [0.25, 0.3) is 0 Å². The van der Waals surface area contributed by atoms with E-state index in [2.05, 4.69) is 75.4 Å². The minimum Gasteiger partial charge on any atom is -0.481 e. The van der Waals surface area contributed by atoms with Gasteiger partial charge >= 0.3 is 0 Å². The lowest BCUT2D eigenvalue weighted by Gasteiger charge is -2.18. The molecule has 0 aliphatic rings. The Balaban J connectivity index is 1.64. The van der Waals surface area contributed by atoms with E-state index in [9.17, 15) is 0 Å². The zero-order valence-electron chi connectivity index (χ0n) is 18.3. The maximum Gasteiger partial charge on any atom is 0.212 e. The molecule has 0 radical (unpaired) electrons. The Hall–Kier alpha value is -3.51. The highest BCUT2D eigenvalue weighted by atomic mass is 32.1. The van der Waals surface area contributed by atoms with Crippen LogP contribution in [0.2, 0.25) is 0 Å². The predicted molar refractivity (Wildman–Crippen MR) is 129 cm³/mol. The van der Waals surface area contributed by atoms with Gasteiger partial charge < -0.3 is 9.30 Å². The number of methoxy groups -OCH3 is 1. The molecule has 1 atom stereocenters. The molecule has 5 nitrogen and oxygen atoms in total. The molecule has 0 aliphatic carbocycles. The molecule has 0 saturated heterocycles. The van der Waals surface area contributed by atoms with Gasteiger partial charge in [-0.05, 0) is 43.2 Å². The lowest BCUT2D eigenvalue weighted by Crippen LogP contribution is -2.11. The Kier molecular flexibility index (Phi) is 5.45. The molecule has 3 aromatic heterocycles. The van der Waals surface area contributed by atoms with Gasteiger partial charge in [0, 0.05) is 29.6 Å². The number of ether oxygens (including phenoxy) is 1. The first-order valence-electron chi connectivity index (χ1n) is 10.6. The molecule has 3 heterocycles. The Morgan fingerprint density at radius 2 is 1.81 bits per heavy atom. The molecule has 160 valence electrons. The Morgan fingerprint density at radius 3 is 2.50 bits per heavy atom. The van der Waals surface area contributed by atoms with E-state index in [1.807, 2.05) is 25.3 Å². The maximum absolute atomic E-state index is 5.21. The van der Waals surface area contributed by atoms with Crippen molar-refractivity contribution in [3.63, 3.8) is 0 Å². The van der Waals surface area contributed by atoms with Crippen molar-refractivity contribution in [2.75, 3.05) is 7.11 Å². The van der Waals surface area contributed by atoms with Crippen LogP contribution in [0.15, 0.2) is 72.2 Å². The van der Waals surface area contributed by atoms with Gasteiger partial charge in [0.2, 0.25) is 5.88 Å². The van der Waals surface area contributed by atoms with Crippen molar-refractivity contribution in [3.8, 4) is 17.0 Å². The summed E-state index contributed by atoms with van der Waals surface area (Å²) in [7, 11) is 1.63. The summed E-state index contributed by atoms with van der Waals surface area (Å²) in [4.78, 5) is 14.1. The fourth-order valence-electron chi connectivity index (χ4n) is 4.08. The highest BCUT2D eigenvalue weighted by molar-refractivity contribution is 7.09. The lowest BCUT2D eigenvalue weighted by atomic mass is 10.1. The van der Waals surface area contributed by atoms with Crippen molar-refractivity contribution in [2.45, 2.75) is 26.3 Å². The molecule has 32 heavy (non-hydrogen) atoms. The minimum absolute atomic E-state index is 0.139. The smallest absolute Gasteiger partial charge is 0.212 e. The number of nitrogens with zero attached hydrogens (tertiary/aromatic N) is 4. The number of hydrogen-bond acceptors (Lipinski definition) is 5. The quantitative estimate of drug-likeness (QED) is 0.321. The number of benzene rings is 2. The van der Waals surface area contributed by atoms with Crippen LogP contribution in [0.3, 0.4) is 0 Å². The highest BCUT2D eigenvalue weighted by Gasteiger charge is 2.19. The SMILES string of the molecule is COc1ccc(-c2ccc3nc(Cc4csc(C)n4)n([C@H](C)c4ccccc4)c3c2)cn1. The van der Waals surface area contributed by atoms with E-state index < -0.39 is 0 Å². The first-order chi connectivity index (χ1) is 15.6. The number of pyridine rings is 1. The molecule has 5 aromatic rings. The van der Waals surface area contributed by atoms with Crippen molar-refractivity contribution in [2.24, 2.45) is 0 Å². The van der Waals surface area contributed by atoms with Gasteiger partial charge in [-0.25, -0.2) is 15.0 Å². The molecule has 2 aromatic carbocycles. The van der Waals surface area contributed by atoms with E-state index in [1.54, 1.807) is 18.4 Å². The minimum atomic E-state index is 0.139. The largest absolute Gasteiger partial charge is 0.481 e. The van der Waals surface area contributed by atoms with Gasteiger partial charge in [-0.2, -0.15) is 0 Å². The number of aromatic nitrogens is 4. The Bertz CT molecular complexity index is 1360. The summed E-state index contributed by atoms with van der Waals surface area (Å²) in [6.07, 6.45) is 2.55. The molecular weight excluding hydrogens is 416 g/mol. The third-order valence-corrected chi connectivity index (χ3v) is 6.54. The van der Waals surface area contributed by atoms with E-state index in [0.717, 1.165) is 38.7 Å². The molecule has 5 rings (SSSR count). The van der Waals surface area contributed by atoms with E-state index >= 15 is 0 Å². The monoisotopic (exact) mass is 440 g/mol. The number of aryl methyl sites for hydroxylation is 1. The van der Waals surface area contributed by atoms with Gasteiger partial charge in [0.05, 0.1) is 34.9 Å². The summed E-state index contributed by atoms with van der Waals surface area (Å²) >= 11 is 1.68. The Morgan fingerprint density at radius 1 is 1.00 bits per heavy atom. The van der Waals surface area contributed by atoms with Crippen LogP contribution in [0.5, 0.6) is 5.88 Å². The van der Waals surface area contributed by atoms with Gasteiger partial charge in [-0.1, -0.05) is 36.4 Å². The zero-order valence-corrected chi connectivity index (χ0v) is 19.1. The predicted octanol–water partition coefficient (Wildman–Crippen LogP) is 6.07. The first kappa shape index (κ1) is 20.4. The van der Waals surface area contributed by atoms with Crippen LogP contribution in [0.4, 0.5) is 0 Å². The second-order valence-corrected chi connectivity index (χ2v) is 8.87. The maximum atomic E-state index is 5.21. The number of imidazole rings is 1. The third kappa shape index (κ3) is 3.89. The molecule has 6 heteroatoms. The number of rotatable bonds is 6. The van der Waals surface area contributed by atoms with Crippen LogP contribution >= 0.6 is 11.3 Å². The molecule has 0 bridgehead atoms. The summed E-state index contributed by atoms with van der Waals surface area (Å²) in [5.41, 5.74) is 6.55. The van der Waals surface area contributed by atoms with Crippen LogP contribution < -0.4 is 4.74 Å². The van der Waals surface area contributed by atoms with E-state index in [1.165, 1.54) is 5.56 Å². The summed E-state index contributed by atoms with van der Waals surface area (Å²) in [5, 5.41) is 3.20. The topological polar surface area (TPSA) is 52.8 Å². The van der Waals surface area contributed by atoms with Gasteiger partial charge in [-0.15, -0.1) is 11.3 Å².